The quantitative estimate of drug-likeness (QED) is 0.803. The van der Waals surface area contributed by atoms with E-state index in [0.717, 1.165) is 16.7 Å². The third-order valence-corrected chi connectivity index (χ3v) is 2.37. The van der Waals surface area contributed by atoms with Gasteiger partial charge < -0.3 is 15.5 Å². The highest BCUT2D eigenvalue weighted by atomic mass is 35.5. The number of H-pyrrole nitrogens is 1. The first-order valence-corrected chi connectivity index (χ1v) is 4.64. The molecule has 16 heavy (non-hydrogen) atoms. The van der Waals surface area contributed by atoms with Gasteiger partial charge in [0.05, 0.1) is 13.7 Å². The molecule has 4 nitrogen and oxygen atoms in total. The molecule has 1 aromatic heterocycles. The molecule has 86 valence electrons. The molecule has 0 aliphatic heterocycles. The summed E-state index contributed by atoms with van der Waals surface area (Å²) in [6.07, 6.45) is 1.68. The fourth-order valence-corrected chi connectivity index (χ4v) is 1.57. The minimum atomic E-state index is -0.0745. The molecular formula is C11H13ClN2O2. The van der Waals surface area contributed by atoms with Crippen LogP contribution in [0.4, 0.5) is 0 Å². The fourth-order valence-electron chi connectivity index (χ4n) is 1.57. The van der Waals surface area contributed by atoms with Crippen molar-refractivity contribution in [3.63, 3.8) is 0 Å². The van der Waals surface area contributed by atoms with Crippen LogP contribution in [0.5, 0.6) is 5.75 Å². The molecule has 0 bridgehead atoms. The summed E-state index contributed by atoms with van der Waals surface area (Å²) >= 11 is 0. The maximum atomic E-state index is 11.5. The molecule has 0 saturated heterocycles. The van der Waals surface area contributed by atoms with Crippen molar-refractivity contribution in [2.75, 3.05) is 13.7 Å². The fraction of sp³-hybridized carbons (Fsp3) is 0.182. The number of nitrogens with two attached hydrogens (primary N) is 1. The van der Waals surface area contributed by atoms with Crippen molar-refractivity contribution in [1.29, 1.82) is 0 Å². The molecule has 1 aromatic carbocycles. The number of halogens is 1. The van der Waals surface area contributed by atoms with Gasteiger partial charge in [-0.15, -0.1) is 12.4 Å². The van der Waals surface area contributed by atoms with Gasteiger partial charge in [0.15, 0.2) is 5.78 Å². The maximum Gasteiger partial charge on any atom is 0.178 e. The topological polar surface area (TPSA) is 68.1 Å². The summed E-state index contributed by atoms with van der Waals surface area (Å²) in [4.78, 5) is 14.5. The van der Waals surface area contributed by atoms with Crippen LogP contribution in [0.3, 0.4) is 0 Å². The van der Waals surface area contributed by atoms with Crippen LogP contribution in [0, 0.1) is 0 Å². The molecule has 0 radical (unpaired) electrons. The second-order valence-corrected chi connectivity index (χ2v) is 3.24. The number of rotatable bonds is 3. The van der Waals surface area contributed by atoms with E-state index in [2.05, 4.69) is 4.98 Å². The van der Waals surface area contributed by atoms with Crippen molar-refractivity contribution >= 4 is 29.1 Å². The molecule has 2 rings (SSSR count). The average molecular weight is 241 g/mol. The molecule has 3 N–H and O–H groups in total. The maximum absolute atomic E-state index is 11.5. The van der Waals surface area contributed by atoms with Crippen LogP contribution in [0.25, 0.3) is 10.9 Å². The van der Waals surface area contributed by atoms with Crippen molar-refractivity contribution in [3.05, 3.63) is 30.0 Å². The van der Waals surface area contributed by atoms with E-state index in [9.17, 15) is 4.79 Å². The van der Waals surface area contributed by atoms with Crippen LogP contribution in [-0.2, 0) is 0 Å². The van der Waals surface area contributed by atoms with Crippen LogP contribution >= 0.6 is 12.4 Å². The minimum absolute atomic E-state index is 0. The molecular weight excluding hydrogens is 228 g/mol. The number of hydrogen-bond acceptors (Lipinski definition) is 3. The molecule has 0 amide bonds. The summed E-state index contributed by atoms with van der Waals surface area (Å²) in [5.74, 6) is 0.655. The second kappa shape index (κ2) is 5.01. The van der Waals surface area contributed by atoms with E-state index in [0.29, 0.717) is 5.56 Å². The number of carbonyl (C=O) groups excluding carboxylic acids is 1. The van der Waals surface area contributed by atoms with Crippen molar-refractivity contribution in [1.82, 2.24) is 4.98 Å². The number of carbonyl (C=O) groups is 1. The number of aromatic amines is 1. The van der Waals surface area contributed by atoms with E-state index in [-0.39, 0.29) is 24.7 Å². The van der Waals surface area contributed by atoms with Gasteiger partial charge in [-0.1, -0.05) is 0 Å². The lowest BCUT2D eigenvalue weighted by molar-refractivity contribution is 0.100. The summed E-state index contributed by atoms with van der Waals surface area (Å²) in [7, 11) is 1.60. The van der Waals surface area contributed by atoms with Gasteiger partial charge in [-0.05, 0) is 18.2 Å². The highest BCUT2D eigenvalue weighted by Crippen LogP contribution is 2.23. The molecule has 0 fully saturated rings. The first-order valence-electron chi connectivity index (χ1n) is 4.64. The molecule has 0 unspecified atom stereocenters. The zero-order valence-electron chi connectivity index (χ0n) is 8.82. The monoisotopic (exact) mass is 240 g/mol. The Hall–Kier alpha value is -1.52. The molecule has 1 heterocycles. The van der Waals surface area contributed by atoms with Crippen molar-refractivity contribution in [3.8, 4) is 5.75 Å². The number of fused-ring (bicyclic) bond motifs is 1. The molecule has 5 heteroatoms. The average Bonchev–Trinajstić information content (AvgIpc) is 2.70. The number of benzene rings is 1. The van der Waals surface area contributed by atoms with Crippen LogP contribution in [0.1, 0.15) is 10.4 Å². The molecule has 0 saturated carbocycles. The van der Waals surface area contributed by atoms with Gasteiger partial charge in [0, 0.05) is 22.7 Å². The predicted molar refractivity (Wildman–Crippen MR) is 65.5 cm³/mol. The highest BCUT2D eigenvalue weighted by molar-refractivity contribution is 6.08. The first-order chi connectivity index (χ1) is 7.26. The lowest BCUT2D eigenvalue weighted by Crippen LogP contribution is -2.12. The first kappa shape index (κ1) is 12.5. The minimum Gasteiger partial charge on any atom is -0.497 e. The van der Waals surface area contributed by atoms with Crippen molar-refractivity contribution in [2.24, 2.45) is 5.73 Å². The van der Waals surface area contributed by atoms with Gasteiger partial charge in [-0.25, -0.2) is 0 Å². The SMILES string of the molecule is COc1ccc2[nH]cc(C(=O)CN)c2c1.Cl. The van der Waals surface area contributed by atoms with E-state index in [1.165, 1.54) is 0 Å². The summed E-state index contributed by atoms with van der Waals surface area (Å²) < 4.78 is 5.10. The van der Waals surface area contributed by atoms with Gasteiger partial charge in [-0.2, -0.15) is 0 Å². The summed E-state index contributed by atoms with van der Waals surface area (Å²) in [6.45, 7) is 0.0180. The van der Waals surface area contributed by atoms with Crippen LogP contribution in [0.15, 0.2) is 24.4 Å². The predicted octanol–water partition coefficient (Wildman–Crippen LogP) is 1.74. The number of hydrogen-bond donors (Lipinski definition) is 2. The Morgan fingerprint density at radius 1 is 1.50 bits per heavy atom. The van der Waals surface area contributed by atoms with E-state index < -0.39 is 0 Å². The highest BCUT2D eigenvalue weighted by Gasteiger charge is 2.10. The normalized spacial score (nSPS) is 9.88. The van der Waals surface area contributed by atoms with Gasteiger partial charge >= 0.3 is 0 Å². The number of methoxy groups -OCH3 is 1. The Kier molecular flexibility index (Phi) is 3.93. The van der Waals surface area contributed by atoms with Crippen LogP contribution in [0.2, 0.25) is 0 Å². The molecule has 0 spiro atoms. The molecule has 0 aliphatic carbocycles. The number of aromatic nitrogens is 1. The standard InChI is InChI=1S/C11H12N2O2.ClH/c1-15-7-2-3-10-8(4-7)9(6-13-10)11(14)5-12;/h2-4,6,13H,5,12H2,1H3;1H. The van der Waals surface area contributed by atoms with E-state index >= 15 is 0 Å². The summed E-state index contributed by atoms with van der Waals surface area (Å²) in [5.41, 5.74) is 6.86. The number of ketones is 1. The van der Waals surface area contributed by atoms with Crippen molar-refractivity contribution < 1.29 is 9.53 Å². The van der Waals surface area contributed by atoms with E-state index in [1.807, 2.05) is 18.2 Å². The summed E-state index contributed by atoms with van der Waals surface area (Å²) in [6, 6.07) is 5.55. The second-order valence-electron chi connectivity index (χ2n) is 3.24. The lowest BCUT2D eigenvalue weighted by Gasteiger charge is -2.00. The summed E-state index contributed by atoms with van der Waals surface area (Å²) in [5, 5.41) is 0.852. The van der Waals surface area contributed by atoms with Gasteiger partial charge in [-0.3, -0.25) is 4.79 Å². The lowest BCUT2D eigenvalue weighted by atomic mass is 10.1. The zero-order valence-corrected chi connectivity index (χ0v) is 9.64. The Morgan fingerprint density at radius 3 is 2.88 bits per heavy atom. The van der Waals surface area contributed by atoms with Crippen LogP contribution < -0.4 is 10.5 Å². The Morgan fingerprint density at radius 2 is 2.25 bits per heavy atom. The Labute approximate surface area is 99.2 Å². The number of nitrogens with one attached hydrogen (secondary N) is 1. The van der Waals surface area contributed by atoms with Gasteiger partial charge in [0.25, 0.3) is 0 Å². The molecule has 2 aromatic rings. The van der Waals surface area contributed by atoms with Gasteiger partial charge in [0.1, 0.15) is 5.75 Å². The van der Waals surface area contributed by atoms with E-state index in [1.54, 1.807) is 13.3 Å². The molecule has 0 aliphatic rings. The Balaban J connectivity index is 0.00000128. The van der Waals surface area contributed by atoms with E-state index in [4.69, 9.17) is 10.5 Å². The number of Topliss-reactive ketones (excluding diaryl/α,β-unsaturated/α-hetero) is 1. The van der Waals surface area contributed by atoms with Crippen LogP contribution in [-0.4, -0.2) is 24.4 Å². The largest absolute Gasteiger partial charge is 0.497 e. The third-order valence-electron chi connectivity index (χ3n) is 2.37. The third kappa shape index (κ3) is 2.03. The zero-order chi connectivity index (χ0) is 10.8. The van der Waals surface area contributed by atoms with Crippen molar-refractivity contribution in [2.45, 2.75) is 0 Å². The Bertz CT molecular complexity index is 508. The van der Waals surface area contributed by atoms with Gasteiger partial charge in [0.2, 0.25) is 0 Å². The molecule has 0 atom stereocenters. The number of ether oxygens (including phenoxy) is 1. The smallest absolute Gasteiger partial charge is 0.178 e.